The molecule has 1 saturated heterocycles. The zero-order chi connectivity index (χ0) is 18.6. The predicted octanol–water partition coefficient (Wildman–Crippen LogP) is 1.38. The number of nitriles is 1. The molecule has 7 nitrogen and oxygen atoms in total. The Labute approximate surface area is 157 Å². The lowest BCUT2D eigenvalue weighted by Crippen LogP contribution is -2.48. The highest BCUT2D eigenvalue weighted by Crippen LogP contribution is 2.21. The number of fused-ring (bicyclic) bond motifs is 1. The van der Waals surface area contributed by atoms with Crippen LogP contribution >= 0.6 is 0 Å². The van der Waals surface area contributed by atoms with E-state index < -0.39 is 0 Å². The van der Waals surface area contributed by atoms with E-state index in [0.29, 0.717) is 12.2 Å². The number of aromatic nitrogens is 3. The standard InChI is InChI=1S/C20H22N6O/c21-16-18(17-6-2-1-3-7-17)24-13-10-23(11-14-24)12-15-26-20(27)25-9-5-4-8-19(25)22-26/h1-9,18H,10-15H2/t18-/m0/s1. The first-order valence-corrected chi connectivity index (χ1v) is 9.21. The van der Waals surface area contributed by atoms with Crippen LogP contribution in [0.15, 0.2) is 59.5 Å². The van der Waals surface area contributed by atoms with E-state index in [1.807, 2.05) is 48.5 Å². The molecule has 1 aromatic carbocycles. The summed E-state index contributed by atoms with van der Waals surface area (Å²) in [6, 6.07) is 17.7. The summed E-state index contributed by atoms with van der Waals surface area (Å²) in [5.41, 5.74) is 1.62. The monoisotopic (exact) mass is 362 g/mol. The number of benzene rings is 1. The van der Waals surface area contributed by atoms with Gasteiger partial charge in [-0.05, 0) is 17.7 Å². The smallest absolute Gasteiger partial charge is 0.299 e. The fourth-order valence-corrected chi connectivity index (χ4v) is 3.60. The molecule has 1 atom stereocenters. The highest BCUT2D eigenvalue weighted by atomic mass is 16.2. The lowest BCUT2D eigenvalue weighted by atomic mass is 10.1. The van der Waals surface area contributed by atoms with Crippen LogP contribution in [0.1, 0.15) is 11.6 Å². The molecule has 3 heterocycles. The summed E-state index contributed by atoms with van der Waals surface area (Å²) >= 11 is 0. The van der Waals surface area contributed by atoms with Gasteiger partial charge in [0.15, 0.2) is 5.65 Å². The summed E-state index contributed by atoms with van der Waals surface area (Å²) in [6.45, 7) is 4.79. The van der Waals surface area contributed by atoms with Crippen molar-refractivity contribution in [2.24, 2.45) is 0 Å². The second-order valence-corrected chi connectivity index (χ2v) is 6.75. The van der Waals surface area contributed by atoms with E-state index in [1.54, 1.807) is 10.6 Å². The van der Waals surface area contributed by atoms with Gasteiger partial charge in [-0.15, -0.1) is 5.10 Å². The second-order valence-electron chi connectivity index (χ2n) is 6.75. The number of nitrogens with zero attached hydrogens (tertiary/aromatic N) is 6. The van der Waals surface area contributed by atoms with Crippen molar-refractivity contribution in [1.29, 1.82) is 5.26 Å². The van der Waals surface area contributed by atoms with Gasteiger partial charge in [0.1, 0.15) is 6.04 Å². The van der Waals surface area contributed by atoms with Crippen molar-refractivity contribution in [3.8, 4) is 6.07 Å². The predicted molar refractivity (Wildman–Crippen MR) is 102 cm³/mol. The lowest BCUT2D eigenvalue weighted by Gasteiger charge is -2.36. The molecule has 0 radical (unpaired) electrons. The van der Waals surface area contributed by atoms with Crippen molar-refractivity contribution >= 4 is 5.65 Å². The summed E-state index contributed by atoms with van der Waals surface area (Å²) in [7, 11) is 0. The minimum absolute atomic E-state index is 0.0992. The van der Waals surface area contributed by atoms with E-state index in [4.69, 9.17) is 0 Å². The van der Waals surface area contributed by atoms with Gasteiger partial charge in [0, 0.05) is 38.9 Å². The van der Waals surface area contributed by atoms with Gasteiger partial charge in [-0.1, -0.05) is 36.4 Å². The number of hydrogen-bond acceptors (Lipinski definition) is 5. The summed E-state index contributed by atoms with van der Waals surface area (Å²) in [4.78, 5) is 16.9. The van der Waals surface area contributed by atoms with E-state index in [1.165, 1.54) is 4.68 Å². The van der Waals surface area contributed by atoms with E-state index in [9.17, 15) is 10.1 Å². The van der Waals surface area contributed by atoms with Crippen LogP contribution < -0.4 is 5.69 Å². The van der Waals surface area contributed by atoms with Gasteiger partial charge in [-0.25, -0.2) is 9.48 Å². The minimum atomic E-state index is -0.200. The fourth-order valence-electron chi connectivity index (χ4n) is 3.60. The molecule has 0 spiro atoms. The van der Waals surface area contributed by atoms with Gasteiger partial charge >= 0.3 is 5.69 Å². The van der Waals surface area contributed by atoms with Crippen LogP contribution in [0.25, 0.3) is 5.65 Å². The Morgan fingerprint density at radius 3 is 2.44 bits per heavy atom. The summed E-state index contributed by atoms with van der Waals surface area (Å²) in [6.07, 6.45) is 1.74. The van der Waals surface area contributed by atoms with Crippen LogP contribution in [-0.2, 0) is 6.54 Å². The van der Waals surface area contributed by atoms with E-state index in [2.05, 4.69) is 21.0 Å². The molecule has 1 fully saturated rings. The zero-order valence-corrected chi connectivity index (χ0v) is 15.1. The summed E-state index contributed by atoms with van der Waals surface area (Å²) in [5, 5.41) is 14.0. The maximum atomic E-state index is 12.3. The number of hydrogen-bond donors (Lipinski definition) is 0. The molecular weight excluding hydrogens is 340 g/mol. The SMILES string of the molecule is N#C[C@@H](c1ccccc1)N1CCN(CCn2nc3ccccn3c2=O)CC1. The first-order valence-electron chi connectivity index (χ1n) is 9.21. The molecule has 2 aromatic heterocycles. The fraction of sp³-hybridized carbons (Fsp3) is 0.350. The van der Waals surface area contributed by atoms with E-state index in [-0.39, 0.29) is 11.7 Å². The van der Waals surface area contributed by atoms with Gasteiger partial charge in [-0.3, -0.25) is 14.2 Å². The van der Waals surface area contributed by atoms with Crippen molar-refractivity contribution < 1.29 is 0 Å². The minimum Gasteiger partial charge on any atom is -0.299 e. The zero-order valence-electron chi connectivity index (χ0n) is 15.1. The third-order valence-corrected chi connectivity index (χ3v) is 5.13. The third kappa shape index (κ3) is 3.63. The topological polar surface area (TPSA) is 69.6 Å². The van der Waals surface area contributed by atoms with Gasteiger partial charge in [0.25, 0.3) is 0 Å². The lowest BCUT2D eigenvalue weighted by molar-refractivity contribution is 0.110. The Hall–Kier alpha value is -2.95. The van der Waals surface area contributed by atoms with Crippen molar-refractivity contribution in [2.75, 3.05) is 32.7 Å². The number of rotatable bonds is 5. The molecule has 0 aliphatic carbocycles. The Morgan fingerprint density at radius 1 is 1.00 bits per heavy atom. The molecule has 0 bridgehead atoms. The molecule has 4 rings (SSSR count). The molecule has 27 heavy (non-hydrogen) atoms. The number of pyridine rings is 1. The molecule has 0 saturated carbocycles. The quantitative estimate of drug-likeness (QED) is 0.686. The van der Waals surface area contributed by atoms with Crippen molar-refractivity contribution in [1.82, 2.24) is 24.0 Å². The Bertz CT molecular complexity index is 994. The van der Waals surface area contributed by atoms with Crippen LogP contribution in [0, 0.1) is 11.3 Å². The highest BCUT2D eigenvalue weighted by Gasteiger charge is 2.24. The highest BCUT2D eigenvalue weighted by molar-refractivity contribution is 5.35. The number of piperazine rings is 1. The molecule has 138 valence electrons. The van der Waals surface area contributed by atoms with Crippen LogP contribution in [0.5, 0.6) is 0 Å². The summed E-state index contributed by atoms with van der Waals surface area (Å²) < 4.78 is 3.10. The van der Waals surface area contributed by atoms with Gasteiger partial charge in [-0.2, -0.15) is 5.26 Å². The van der Waals surface area contributed by atoms with Crippen molar-refractivity contribution in [3.05, 3.63) is 70.8 Å². The largest absolute Gasteiger partial charge is 0.350 e. The third-order valence-electron chi connectivity index (χ3n) is 5.13. The van der Waals surface area contributed by atoms with Crippen molar-refractivity contribution in [3.63, 3.8) is 0 Å². The molecule has 1 aliphatic heterocycles. The average Bonchev–Trinajstić information content (AvgIpc) is 3.05. The van der Waals surface area contributed by atoms with Gasteiger partial charge in [0.05, 0.1) is 12.6 Å². The van der Waals surface area contributed by atoms with Crippen LogP contribution in [0.2, 0.25) is 0 Å². The summed E-state index contributed by atoms with van der Waals surface area (Å²) in [5.74, 6) is 0. The Morgan fingerprint density at radius 2 is 1.74 bits per heavy atom. The van der Waals surface area contributed by atoms with Gasteiger partial charge in [0.2, 0.25) is 0 Å². The van der Waals surface area contributed by atoms with Crippen LogP contribution in [0.4, 0.5) is 0 Å². The molecule has 3 aromatic rings. The maximum absolute atomic E-state index is 12.3. The molecule has 7 heteroatoms. The second kappa shape index (κ2) is 7.74. The van der Waals surface area contributed by atoms with Crippen LogP contribution in [-0.4, -0.2) is 56.7 Å². The molecule has 0 unspecified atom stereocenters. The average molecular weight is 362 g/mol. The first-order chi connectivity index (χ1) is 13.3. The van der Waals surface area contributed by atoms with E-state index >= 15 is 0 Å². The molecule has 1 aliphatic rings. The first kappa shape index (κ1) is 17.5. The molecular formula is C20H22N6O. The maximum Gasteiger partial charge on any atom is 0.350 e. The molecule has 0 amide bonds. The van der Waals surface area contributed by atoms with Crippen LogP contribution in [0.3, 0.4) is 0 Å². The normalized spacial score (nSPS) is 17.0. The molecule has 0 N–H and O–H groups in total. The van der Waals surface area contributed by atoms with Crippen molar-refractivity contribution in [2.45, 2.75) is 12.6 Å². The van der Waals surface area contributed by atoms with E-state index in [0.717, 1.165) is 38.3 Å². The Balaban J connectivity index is 1.35. The van der Waals surface area contributed by atoms with Gasteiger partial charge < -0.3 is 0 Å². The Kier molecular flexibility index (Phi) is 5.01.